The molecule has 7 rings (SSSR count). The topological polar surface area (TPSA) is 77.6 Å². The standard InChI is InChI=1S/C30H33N3O2.C15H20N2O/c1-3-4-17-33-27(19-31-30(33)26-13-9-6-10-14-26)23(2)32(20-24-11-7-5-8-12-24)21-25-15-16-28-29(18-25)35-22-34-28;1-3-4-10-17-14(12(2)18)11-16-15(17)13-8-6-5-7-9-13/h5-16,18-19,23H,3-4,17,20-22H2,1-2H3;5-9,11-12,18H,3-4,10H2,1-2H3. The minimum atomic E-state index is -0.480. The summed E-state index contributed by atoms with van der Waals surface area (Å²) in [7, 11) is 0. The summed E-state index contributed by atoms with van der Waals surface area (Å²) in [5, 5.41) is 9.80. The van der Waals surface area contributed by atoms with Gasteiger partial charge in [0.25, 0.3) is 0 Å². The van der Waals surface area contributed by atoms with E-state index in [1.807, 2.05) is 24.3 Å². The highest BCUT2D eigenvalue weighted by atomic mass is 16.7. The van der Waals surface area contributed by atoms with Crippen LogP contribution in [0, 0.1) is 0 Å². The molecule has 6 aromatic rings. The van der Waals surface area contributed by atoms with Crippen LogP contribution in [0.25, 0.3) is 22.8 Å². The fraction of sp³-hybridized carbons (Fsp3) is 0.333. The largest absolute Gasteiger partial charge is 0.454 e. The van der Waals surface area contributed by atoms with Crippen molar-refractivity contribution in [3.63, 3.8) is 0 Å². The first-order chi connectivity index (χ1) is 26.0. The summed E-state index contributed by atoms with van der Waals surface area (Å²) in [5.74, 6) is 3.64. The molecule has 0 bridgehead atoms. The number of imidazole rings is 2. The first kappa shape index (κ1) is 37.6. The lowest BCUT2D eigenvalue weighted by atomic mass is 10.1. The molecule has 0 saturated carbocycles. The molecule has 1 aliphatic heterocycles. The van der Waals surface area contributed by atoms with Crippen LogP contribution in [0.2, 0.25) is 0 Å². The van der Waals surface area contributed by atoms with E-state index in [0.717, 1.165) is 91.8 Å². The number of aliphatic hydroxyl groups is 1. The first-order valence-corrected chi connectivity index (χ1v) is 19.0. The Morgan fingerprint density at radius 1 is 0.642 bits per heavy atom. The zero-order valence-corrected chi connectivity index (χ0v) is 31.6. The summed E-state index contributed by atoms with van der Waals surface area (Å²) >= 11 is 0. The second-order valence-electron chi connectivity index (χ2n) is 13.7. The Kier molecular flexibility index (Phi) is 13.1. The number of ether oxygens (including phenoxy) is 2. The Morgan fingerprint density at radius 2 is 1.15 bits per heavy atom. The zero-order chi connectivity index (χ0) is 37.0. The number of aliphatic hydroxyl groups excluding tert-OH is 1. The van der Waals surface area contributed by atoms with Gasteiger partial charge in [0.05, 0.1) is 29.9 Å². The van der Waals surface area contributed by atoms with Gasteiger partial charge in [0.1, 0.15) is 11.6 Å². The predicted molar refractivity (Wildman–Crippen MR) is 212 cm³/mol. The van der Waals surface area contributed by atoms with E-state index in [-0.39, 0.29) is 6.04 Å². The Morgan fingerprint density at radius 3 is 1.72 bits per heavy atom. The van der Waals surface area contributed by atoms with Crippen LogP contribution in [-0.2, 0) is 26.2 Å². The van der Waals surface area contributed by atoms with Crippen molar-refractivity contribution in [2.75, 3.05) is 6.79 Å². The van der Waals surface area contributed by atoms with Gasteiger partial charge >= 0.3 is 0 Å². The number of hydrogen-bond acceptors (Lipinski definition) is 6. The molecule has 2 aromatic heterocycles. The van der Waals surface area contributed by atoms with Crippen molar-refractivity contribution in [3.8, 4) is 34.3 Å². The number of rotatable bonds is 15. The van der Waals surface area contributed by atoms with Crippen LogP contribution < -0.4 is 9.47 Å². The summed E-state index contributed by atoms with van der Waals surface area (Å²) in [6.07, 6.45) is 7.86. The van der Waals surface area contributed by atoms with Crippen molar-refractivity contribution < 1.29 is 14.6 Å². The molecule has 0 saturated heterocycles. The van der Waals surface area contributed by atoms with E-state index < -0.39 is 6.10 Å². The average Bonchev–Trinajstić information content (AvgIpc) is 3.96. The maximum atomic E-state index is 9.80. The molecule has 53 heavy (non-hydrogen) atoms. The van der Waals surface area contributed by atoms with Gasteiger partial charge in [-0.05, 0) is 49.9 Å². The number of hydrogen-bond donors (Lipinski definition) is 1. The smallest absolute Gasteiger partial charge is 0.231 e. The Bertz CT molecular complexity index is 1990. The van der Waals surface area contributed by atoms with Crippen molar-refractivity contribution in [3.05, 3.63) is 144 Å². The van der Waals surface area contributed by atoms with Crippen molar-refractivity contribution >= 4 is 0 Å². The lowest BCUT2D eigenvalue weighted by Gasteiger charge is -2.30. The summed E-state index contributed by atoms with van der Waals surface area (Å²) < 4.78 is 15.7. The molecule has 2 unspecified atom stereocenters. The van der Waals surface area contributed by atoms with E-state index in [0.29, 0.717) is 6.79 Å². The second kappa shape index (κ2) is 18.5. The first-order valence-electron chi connectivity index (χ1n) is 19.0. The zero-order valence-electron chi connectivity index (χ0n) is 31.6. The Balaban J connectivity index is 0.000000225. The molecule has 0 fully saturated rings. The lowest BCUT2D eigenvalue weighted by Crippen LogP contribution is -2.28. The van der Waals surface area contributed by atoms with Crippen LogP contribution in [0.5, 0.6) is 11.5 Å². The van der Waals surface area contributed by atoms with Crippen molar-refractivity contribution in [1.82, 2.24) is 24.0 Å². The van der Waals surface area contributed by atoms with E-state index in [1.54, 1.807) is 13.1 Å². The van der Waals surface area contributed by atoms with Gasteiger partial charge in [-0.2, -0.15) is 0 Å². The molecule has 4 aromatic carbocycles. The van der Waals surface area contributed by atoms with E-state index in [1.165, 1.54) is 16.8 Å². The Labute approximate surface area is 314 Å². The summed E-state index contributed by atoms with van der Waals surface area (Å²) in [6.45, 7) is 12.3. The van der Waals surface area contributed by atoms with Crippen molar-refractivity contribution in [2.24, 2.45) is 0 Å². The van der Waals surface area contributed by atoms with Crippen LogP contribution in [0.3, 0.4) is 0 Å². The van der Waals surface area contributed by atoms with E-state index in [9.17, 15) is 5.11 Å². The molecule has 0 aliphatic carbocycles. The Hall–Kier alpha value is -5.18. The molecule has 8 nitrogen and oxygen atoms in total. The van der Waals surface area contributed by atoms with Gasteiger partial charge < -0.3 is 23.7 Å². The fourth-order valence-corrected chi connectivity index (χ4v) is 6.79. The molecule has 276 valence electrons. The van der Waals surface area contributed by atoms with Gasteiger partial charge in [0, 0.05) is 43.3 Å². The second-order valence-corrected chi connectivity index (χ2v) is 13.7. The maximum Gasteiger partial charge on any atom is 0.231 e. The van der Waals surface area contributed by atoms with Gasteiger partial charge in [-0.15, -0.1) is 0 Å². The molecule has 0 spiro atoms. The van der Waals surface area contributed by atoms with Crippen molar-refractivity contribution in [1.29, 1.82) is 0 Å². The van der Waals surface area contributed by atoms with Gasteiger partial charge in [-0.1, -0.05) is 124 Å². The highest BCUT2D eigenvalue weighted by Gasteiger charge is 2.24. The van der Waals surface area contributed by atoms with Gasteiger partial charge in [-0.3, -0.25) is 4.90 Å². The monoisotopic (exact) mass is 711 g/mol. The van der Waals surface area contributed by atoms with Crippen LogP contribution in [-0.4, -0.2) is 35.9 Å². The third-order valence-electron chi connectivity index (χ3n) is 9.76. The quantitative estimate of drug-likeness (QED) is 0.114. The molecule has 1 aliphatic rings. The average molecular weight is 712 g/mol. The van der Waals surface area contributed by atoms with Gasteiger partial charge in [0.2, 0.25) is 6.79 Å². The van der Waals surface area contributed by atoms with Crippen LogP contribution in [0.15, 0.2) is 122 Å². The lowest BCUT2D eigenvalue weighted by molar-refractivity contribution is 0.173. The molecule has 2 atom stereocenters. The predicted octanol–water partition coefficient (Wildman–Crippen LogP) is 10.2. The number of benzene rings is 4. The summed E-state index contributed by atoms with van der Waals surface area (Å²) in [6, 6.07) is 37.8. The highest BCUT2D eigenvalue weighted by Crippen LogP contribution is 2.35. The minimum Gasteiger partial charge on any atom is -0.454 e. The molecule has 3 heterocycles. The molecule has 8 heteroatoms. The fourth-order valence-electron chi connectivity index (χ4n) is 6.79. The summed E-state index contributed by atoms with van der Waals surface area (Å²) in [5.41, 5.74) is 6.90. The van der Waals surface area contributed by atoms with E-state index in [2.05, 4.69) is 131 Å². The molecule has 0 amide bonds. The molecule has 1 N–H and O–H groups in total. The SMILES string of the molecule is CCCCn1c(C(C)N(Cc2ccccc2)Cc2ccc3c(c2)OCO3)cnc1-c1ccccc1.CCCCn1c(C(C)O)cnc1-c1ccccc1. The molecular formula is C45H53N5O3. The molecular weight excluding hydrogens is 659 g/mol. The van der Waals surface area contributed by atoms with Crippen LogP contribution >= 0.6 is 0 Å². The minimum absolute atomic E-state index is 0.169. The number of nitrogens with zero attached hydrogens (tertiary/aromatic N) is 5. The number of aromatic nitrogens is 4. The van der Waals surface area contributed by atoms with Gasteiger partial charge in [0.15, 0.2) is 11.5 Å². The molecule has 0 radical (unpaired) electrons. The number of fused-ring (bicyclic) bond motifs is 1. The van der Waals surface area contributed by atoms with Gasteiger partial charge in [-0.25, -0.2) is 9.97 Å². The third kappa shape index (κ3) is 9.44. The van der Waals surface area contributed by atoms with Crippen LogP contribution in [0.4, 0.5) is 0 Å². The van der Waals surface area contributed by atoms with E-state index >= 15 is 0 Å². The highest BCUT2D eigenvalue weighted by molar-refractivity contribution is 5.57. The normalized spacial score (nSPS) is 13.1. The third-order valence-corrected chi connectivity index (χ3v) is 9.76. The van der Waals surface area contributed by atoms with Crippen molar-refractivity contribution in [2.45, 2.75) is 91.7 Å². The van der Waals surface area contributed by atoms with E-state index in [4.69, 9.17) is 14.5 Å². The number of unbranched alkanes of at least 4 members (excludes halogenated alkanes) is 2. The van der Waals surface area contributed by atoms with Crippen LogP contribution in [0.1, 0.15) is 88.0 Å². The summed E-state index contributed by atoms with van der Waals surface area (Å²) in [4.78, 5) is 11.9. The maximum absolute atomic E-state index is 9.80.